The molecule has 2 rings (SSSR count). The molecule has 0 heterocycles. The molecule has 1 atom stereocenters. The number of carbonyl (C=O) groups is 1. The molecule has 3 nitrogen and oxygen atoms in total. The first kappa shape index (κ1) is 18.3. The molecule has 128 valence electrons. The maximum Gasteiger partial charge on any atom is 0.260 e. The number of rotatable bonds is 8. The number of amides is 1. The number of para-hydroxylation sites is 1. The van der Waals surface area contributed by atoms with E-state index in [-0.39, 0.29) is 5.91 Å². The summed E-state index contributed by atoms with van der Waals surface area (Å²) in [5.41, 5.74) is 2.21. The summed E-state index contributed by atoms with van der Waals surface area (Å²) in [5.74, 6) is 0.679. The molecule has 0 radical (unpaired) electrons. The predicted molar refractivity (Wildman–Crippen MR) is 98.7 cm³/mol. The lowest BCUT2D eigenvalue weighted by Crippen LogP contribution is -2.37. The van der Waals surface area contributed by atoms with Crippen LogP contribution >= 0.6 is 11.6 Å². The Hall–Kier alpha value is -2.00. The molecule has 1 amide bonds. The van der Waals surface area contributed by atoms with Crippen molar-refractivity contribution in [2.24, 2.45) is 0 Å². The van der Waals surface area contributed by atoms with E-state index in [9.17, 15) is 4.79 Å². The Morgan fingerprint density at radius 2 is 1.79 bits per heavy atom. The molecule has 1 N–H and O–H groups in total. The zero-order valence-corrected chi connectivity index (χ0v) is 15.0. The lowest BCUT2D eigenvalue weighted by Gasteiger charge is -2.17. The average molecular weight is 346 g/mol. The molecule has 0 aromatic heterocycles. The Balaban J connectivity index is 1.77. The lowest BCUT2D eigenvalue weighted by atomic mass is 10.1. The van der Waals surface area contributed by atoms with Crippen molar-refractivity contribution in [3.05, 3.63) is 64.7 Å². The SMILES string of the molecule is CCc1ccccc1O[C@@H](C)C(=O)NCCCc1ccccc1Cl. The summed E-state index contributed by atoms with van der Waals surface area (Å²) in [6, 6.07) is 15.6. The van der Waals surface area contributed by atoms with Gasteiger partial charge in [0.25, 0.3) is 5.91 Å². The van der Waals surface area contributed by atoms with Crippen molar-refractivity contribution in [1.82, 2.24) is 5.32 Å². The van der Waals surface area contributed by atoms with Gasteiger partial charge in [-0.15, -0.1) is 0 Å². The molecule has 0 aliphatic carbocycles. The van der Waals surface area contributed by atoms with Crippen LogP contribution in [0.1, 0.15) is 31.4 Å². The van der Waals surface area contributed by atoms with E-state index in [0.29, 0.717) is 6.54 Å². The molecule has 4 heteroatoms. The molecule has 0 aliphatic rings. The highest BCUT2D eigenvalue weighted by molar-refractivity contribution is 6.31. The van der Waals surface area contributed by atoms with Gasteiger partial charge in [0.15, 0.2) is 6.10 Å². The van der Waals surface area contributed by atoms with Gasteiger partial charge in [-0.1, -0.05) is 54.9 Å². The highest BCUT2D eigenvalue weighted by atomic mass is 35.5. The number of hydrogen-bond acceptors (Lipinski definition) is 2. The van der Waals surface area contributed by atoms with Crippen LogP contribution in [0.3, 0.4) is 0 Å². The molecule has 0 aliphatic heterocycles. The number of ether oxygens (including phenoxy) is 1. The van der Waals surface area contributed by atoms with Gasteiger partial charge in [0, 0.05) is 11.6 Å². The first-order valence-electron chi connectivity index (χ1n) is 8.37. The number of benzene rings is 2. The fourth-order valence-corrected chi connectivity index (χ4v) is 2.72. The summed E-state index contributed by atoms with van der Waals surface area (Å²) in [4.78, 5) is 12.2. The molecule has 0 saturated heterocycles. The topological polar surface area (TPSA) is 38.3 Å². The minimum Gasteiger partial charge on any atom is -0.481 e. The van der Waals surface area contributed by atoms with Gasteiger partial charge < -0.3 is 10.1 Å². The van der Waals surface area contributed by atoms with Crippen LogP contribution in [-0.4, -0.2) is 18.6 Å². The Labute approximate surface area is 149 Å². The van der Waals surface area contributed by atoms with E-state index in [0.717, 1.165) is 41.2 Å². The lowest BCUT2D eigenvalue weighted by molar-refractivity contribution is -0.127. The van der Waals surface area contributed by atoms with E-state index >= 15 is 0 Å². The van der Waals surface area contributed by atoms with Crippen molar-refractivity contribution in [2.75, 3.05) is 6.54 Å². The van der Waals surface area contributed by atoms with Crippen molar-refractivity contribution in [2.45, 2.75) is 39.2 Å². The number of nitrogens with one attached hydrogen (secondary N) is 1. The summed E-state index contributed by atoms with van der Waals surface area (Å²) in [6.07, 6.45) is 2.04. The van der Waals surface area contributed by atoms with Gasteiger partial charge in [-0.2, -0.15) is 0 Å². The van der Waals surface area contributed by atoms with Crippen LogP contribution in [0.2, 0.25) is 5.02 Å². The minimum atomic E-state index is -0.516. The van der Waals surface area contributed by atoms with Crippen molar-refractivity contribution >= 4 is 17.5 Å². The van der Waals surface area contributed by atoms with Gasteiger partial charge in [0.1, 0.15) is 5.75 Å². The maximum absolute atomic E-state index is 12.2. The van der Waals surface area contributed by atoms with Crippen LogP contribution in [0.4, 0.5) is 0 Å². The third-order valence-corrected chi connectivity index (χ3v) is 4.28. The van der Waals surface area contributed by atoms with Gasteiger partial charge in [-0.3, -0.25) is 4.79 Å². The van der Waals surface area contributed by atoms with Crippen LogP contribution in [-0.2, 0) is 17.6 Å². The van der Waals surface area contributed by atoms with E-state index in [1.165, 1.54) is 0 Å². The fraction of sp³-hybridized carbons (Fsp3) is 0.350. The van der Waals surface area contributed by atoms with Gasteiger partial charge >= 0.3 is 0 Å². The molecule has 0 unspecified atom stereocenters. The third kappa shape index (κ3) is 5.27. The second-order valence-electron chi connectivity index (χ2n) is 5.71. The largest absolute Gasteiger partial charge is 0.481 e. The second-order valence-corrected chi connectivity index (χ2v) is 6.11. The Morgan fingerprint density at radius 3 is 2.50 bits per heavy atom. The van der Waals surface area contributed by atoms with E-state index in [1.54, 1.807) is 6.92 Å². The van der Waals surface area contributed by atoms with Crippen LogP contribution in [0.25, 0.3) is 0 Å². The highest BCUT2D eigenvalue weighted by Gasteiger charge is 2.15. The van der Waals surface area contributed by atoms with Crippen LogP contribution < -0.4 is 10.1 Å². The van der Waals surface area contributed by atoms with Gasteiger partial charge in [0.2, 0.25) is 0 Å². The molecule has 2 aromatic carbocycles. The first-order chi connectivity index (χ1) is 11.6. The second kappa shape index (κ2) is 9.33. The zero-order chi connectivity index (χ0) is 17.4. The summed E-state index contributed by atoms with van der Waals surface area (Å²) >= 11 is 6.13. The quantitative estimate of drug-likeness (QED) is 0.719. The number of carbonyl (C=O) groups excluding carboxylic acids is 1. The molecule has 0 spiro atoms. The van der Waals surface area contributed by atoms with E-state index in [1.807, 2.05) is 48.5 Å². The van der Waals surface area contributed by atoms with Crippen LogP contribution in [0, 0.1) is 0 Å². The van der Waals surface area contributed by atoms with Crippen LogP contribution in [0.15, 0.2) is 48.5 Å². The Kier molecular flexibility index (Phi) is 7.13. The monoisotopic (exact) mass is 345 g/mol. The molecule has 0 fully saturated rings. The summed E-state index contributed by atoms with van der Waals surface area (Å²) in [7, 11) is 0. The van der Waals surface area contributed by atoms with Crippen molar-refractivity contribution in [1.29, 1.82) is 0 Å². The molecule has 0 bridgehead atoms. The zero-order valence-electron chi connectivity index (χ0n) is 14.2. The number of aryl methyl sites for hydroxylation is 2. The van der Waals surface area contributed by atoms with Gasteiger partial charge in [-0.25, -0.2) is 0 Å². The minimum absolute atomic E-state index is 0.0972. The van der Waals surface area contributed by atoms with Crippen LogP contribution in [0.5, 0.6) is 5.75 Å². The van der Waals surface area contributed by atoms with Gasteiger partial charge in [-0.05, 0) is 49.4 Å². The third-order valence-electron chi connectivity index (χ3n) is 3.91. The van der Waals surface area contributed by atoms with E-state index < -0.39 is 6.10 Å². The summed E-state index contributed by atoms with van der Waals surface area (Å²) in [6.45, 7) is 4.45. The molecule has 0 saturated carbocycles. The standard InChI is InChI=1S/C20H24ClNO2/c1-3-16-9-5-7-13-19(16)24-15(2)20(23)22-14-8-11-17-10-4-6-12-18(17)21/h4-7,9-10,12-13,15H,3,8,11,14H2,1-2H3,(H,22,23)/t15-/m0/s1. The summed E-state index contributed by atoms with van der Waals surface area (Å²) < 4.78 is 5.80. The average Bonchev–Trinajstić information content (AvgIpc) is 2.60. The van der Waals surface area contributed by atoms with E-state index in [4.69, 9.17) is 16.3 Å². The Morgan fingerprint density at radius 1 is 1.12 bits per heavy atom. The number of hydrogen-bond donors (Lipinski definition) is 1. The molecular weight excluding hydrogens is 322 g/mol. The van der Waals surface area contributed by atoms with Gasteiger partial charge in [0.05, 0.1) is 0 Å². The normalized spacial score (nSPS) is 11.8. The fourth-order valence-electron chi connectivity index (χ4n) is 2.49. The van der Waals surface area contributed by atoms with Crippen molar-refractivity contribution in [3.8, 4) is 5.75 Å². The predicted octanol–water partition coefficient (Wildman–Crippen LogP) is 4.42. The Bertz CT molecular complexity index is 672. The maximum atomic E-state index is 12.2. The smallest absolute Gasteiger partial charge is 0.260 e. The molecule has 2 aromatic rings. The van der Waals surface area contributed by atoms with Crippen molar-refractivity contribution < 1.29 is 9.53 Å². The molecular formula is C20H24ClNO2. The molecule has 24 heavy (non-hydrogen) atoms. The van der Waals surface area contributed by atoms with E-state index in [2.05, 4.69) is 12.2 Å². The summed E-state index contributed by atoms with van der Waals surface area (Å²) in [5, 5.41) is 3.70. The van der Waals surface area contributed by atoms with Crippen molar-refractivity contribution in [3.63, 3.8) is 0 Å². The first-order valence-corrected chi connectivity index (χ1v) is 8.75. The highest BCUT2D eigenvalue weighted by Crippen LogP contribution is 2.20. The number of halogens is 1.